The van der Waals surface area contributed by atoms with Crippen LogP contribution in [-0.2, 0) is 20.2 Å². The summed E-state index contributed by atoms with van der Waals surface area (Å²) >= 11 is 0. The molecule has 0 aliphatic heterocycles. The van der Waals surface area contributed by atoms with E-state index in [1.165, 1.54) is 0 Å². The molecule has 0 aromatic heterocycles. The summed E-state index contributed by atoms with van der Waals surface area (Å²) in [6.07, 6.45) is 0.136. The molecule has 0 bridgehead atoms. The van der Waals surface area contributed by atoms with Crippen LogP contribution in [0.3, 0.4) is 0 Å². The molecule has 1 rings (SSSR count). The zero-order valence-corrected chi connectivity index (χ0v) is 15.2. The largest absolute Gasteiger partial charge is 1.00 e. The van der Waals surface area contributed by atoms with Crippen molar-refractivity contribution in [3.05, 3.63) is 23.8 Å². The van der Waals surface area contributed by atoms with Gasteiger partial charge in [-0.25, -0.2) is 0 Å². The van der Waals surface area contributed by atoms with Gasteiger partial charge in [-0.2, -0.15) is 16.8 Å². The molecule has 0 radical (unpaired) electrons. The third kappa shape index (κ3) is 5.37. The van der Waals surface area contributed by atoms with Crippen LogP contribution in [0.25, 0.3) is 0 Å². The Bertz CT molecular complexity index is 636. The van der Waals surface area contributed by atoms with Crippen LogP contribution in [-0.4, -0.2) is 32.2 Å². The second-order valence-electron chi connectivity index (χ2n) is 2.77. The van der Waals surface area contributed by atoms with Crippen LogP contribution < -0.4 is 59.1 Å². The molecule has 0 fully saturated rings. The third-order valence-corrected chi connectivity index (χ3v) is 3.45. The summed E-state index contributed by atoms with van der Waals surface area (Å²) in [6.45, 7) is 0. The summed E-state index contributed by atoms with van der Waals surface area (Å²) in [5.74, 6) is 0. The first kappa shape index (κ1) is 21.0. The molecular formula is C7H6Na2O7S2+2. The number of hydrogen-bond acceptors (Lipinski definition) is 5. The van der Waals surface area contributed by atoms with Gasteiger partial charge in [-0.1, -0.05) is 0 Å². The second-order valence-corrected chi connectivity index (χ2v) is 5.58. The maximum atomic E-state index is 10.8. The van der Waals surface area contributed by atoms with Crippen molar-refractivity contribution in [3.63, 3.8) is 0 Å². The van der Waals surface area contributed by atoms with E-state index < -0.39 is 35.6 Å². The van der Waals surface area contributed by atoms with E-state index in [9.17, 15) is 21.6 Å². The zero-order valence-electron chi connectivity index (χ0n) is 9.56. The van der Waals surface area contributed by atoms with Crippen molar-refractivity contribution in [1.29, 1.82) is 0 Å². The van der Waals surface area contributed by atoms with E-state index in [1.54, 1.807) is 0 Å². The topological polar surface area (TPSA) is 126 Å². The Morgan fingerprint density at radius 3 is 1.78 bits per heavy atom. The van der Waals surface area contributed by atoms with Crippen molar-refractivity contribution in [2.24, 2.45) is 0 Å². The number of carbonyl (C=O) groups excluding carboxylic acids is 1. The van der Waals surface area contributed by atoms with Crippen molar-refractivity contribution in [2.75, 3.05) is 0 Å². The minimum Gasteiger partial charge on any atom is -0.298 e. The first-order chi connectivity index (χ1) is 7.16. The molecule has 0 heterocycles. The van der Waals surface area contributed by atoms with Gasteiger partial charge in [0.05, 0.1) is 4.90 Å². The van der Waals surface area contributed by atoms with E-state index in [-0.39, 0.29) is 65.4 Å². The van der Waals surface area contributed by atoms with Crippen molar-refractivity contribution < 1.29 is 89.9 Å². The Morgan fingerprint density at radius 2 is 1.44 bits per heavy atom. The van der Waals surface area contributed by atoms with E-state index in [4.69, 9.17) is 9.11 Å². The van der Waals surface area contributed by atoms with E-state index in [1.807, 2.05) is 0 Å². The molecule has 0 aliphatic carbocycles. The summed E-state index contributed by atoms with van der Waals surface area (Å²) in [4.78, 5) is 8.84. The molecule has 2 N–H and O–H groups in total. The molecule has 7 nitrogen and oxygen atoms in total. The van der Waals surface area contributed by atoms with Crippen LogP contribution >= 0.6 is 0 Å². The summed E-state index contributed by atoms with van der Waals surface area (Å²) in [5, 5.41) is 0. The number of hydrogen-bond donors (Lipinski definition) is 2. The Labute approximate surface area is 148 Å². The summed E-state index contributed by atoms with van der Waals surface area (Å²) in [5.41, 5.74) is -0.407. The van der Waals surface area contributed by atoms with E-state index in [2.05, 4.69) is 0 Å². The second kappa shape index (κ2) is 7.48. The summed E-state index contributed by atoms with van der Waals surface area (Å²) in [7, 11) is -9.34. The van der Waals surface area contributed by atoms with Crippen molar-refractivity contribution in [3.8, 4) is 0 Å². The minimum atomic E-state index is -4.74. The Kier molecular flexibility index (Phi) is 8.73. The van der Waals surface area contributed by atoms with E-state index in [0.29, 0.717) is 6.07 Å². The first-order valence-corrected chi connectivity index (χ1v) is 6.58. The molecule has 0 amide bonds. The molecule has 88 valence electrons. The fourth-order valence-electron chi connectivity index (χ4n) is 0.996. The smallest absolute Gasteiger partial charge is 0.298 e. The predicted octanol–water partition coefficient (Wildman–Crippen LogP) is -6.00. The molecule has 18 heavy (non-hydrogen) atoms. The van der Waals surface area contributed by atoms with Crippen LogP contribution in [0.5, 0.6) is 0 Å². The van der Waals surface area contributed by atoms with Gasteiger partial charge in [0.1, 0.15) is 4.90 Å². The maximum Gasteiger partial charge on any atom is 1.00 e. The van der Waals surface area contributed by atoms with Crippen LogP contribution in [0, 0.1) is 0 Å². The number of aldehydes is 1. The quantitative estimate of drug-likeness (QED) is 0.323. The van der Waals surface area contributed by atoms with E-state index in [0.717, 1.165) is 12.1 Å². The number of rotatable bonds is 3. The average Bonchev–Trinajstić information content (AvgIpc) is 2.14. The molecule has 0 aliphatic rings. The van der Waals surface area contributed by atoms with Gasteiger partial charge in [-0.05, 0) is 18.2 Å². The molecule has 0 saturated carbocycles. The van der Waals surface area contributed by atoms with E-state index >= 15 is 0 Å². The Hall–Kier alpha value is 0.710. The standard InChI is InChI=1S/C7H6O7S2.2Na/c8-4-5-1-2-6(15(9,10)11)3-7(5)16(12,13)14;;/h1-4H,(H,9,10,11)(H,12,13,14);;/q;2*+1. The van der Waals surface area contributed by atoms with Gasteiger partial charge in [-0.15, -0.1) is 0 Å². The van der Waals surface area contributed by atoms with Gasteiger partial charge < -0.3 is 0 Å². The normalized spacial score (nSPS) is 11.0. The van der Waals surface area contributed by atoms with Crippen molar-refractivity contribution >= 4 is 26.5 Å². The SMILES string of the molecule is O=Cc1ccc(S(=O)(=O)O)cc1S(=O)(=O)O.[Na+].[Na+]. The number of benzene rings is 1. The monoisotopic (exact) mass is 312 g/mol. The van der Waals surface area contributed by atoms with Crippen molar-refractivity contribution in [2.45, 2.75) is 9.79 Å². The summed E-state index contributed by atoms with van der Waals surface area (Å²) < 4.78 is 60.4. The van der Waals surface area contributed by atoms with Gasteiger partial charge in [0.15, 0.2) is 6.29 Å². The minimum absolute atomic E-state index is 0. The molecule has 0 unspecified atom stereocenters. The van der Waals surface area contributed by atoms with Gasteiger partial charge >= 0.3 is 59.1 Å². The van der Waals surface area contributed by atoms with Gasteiger partial charge in [0.2, 0.25) is 0 Å². The fraction of sp³-hybridized carbons (Fsp3) is 0. The molecule has 11 heteroatoms. The molecule has 1 aromatic carbocycles. The number of carbonyl (C=O) groups is 1. The van der Waals surface area contributed by atoms with Gasteiger partial charge in [-0.3, -0.25) is 13.9 Å². The average molecular weight is 312 g/mol. The van der Waals surface area contributed by atoms with Crippen molar-refractivity contribution in [1.82, 2.24) is 0 Å². The van der Waals surface area contributed by atoms with Gasteiger partial charge in [0, 0.05) is 5.56 Å². The van der Waals surface area contributed by atoms with Crippen LogP contribution in [0.4, 0.5) is 0 Å². The predicted molar refractivity (Wildman–Crippen MR) is 51.5 cm³/mol. The molecule has 1 aromatic rings. The van der Waals surface area contributed by atoms with Crippen LogP contribution in [0.2, 0.25) is 0 Å². The first-order valence-electron chi connectivity index (χ1n) is 3.70. The maximum absolute atomic E-state index is 10.8. The third-order valence-electron chi connectivity index (χ3n) is 1.69. The fourth-order valence-corrected chi connectivity index (χ4v) is 2.27. The Balaban J connectivity index is 0. The zero-order chi connectivity index (χ0) is 12.6. The summed E-state index contributed by atoms with van der Waals surface area (Å²) in [6, 6.07) is 2.20. The Morgan fingerprint density at radius 1 is 0.944 bits per heavy atom. The molecular weight excluding hydrogens is 306 g/mol. The van der Waals surface area contributed by atoms with Crippen LogP contribution in [0.15, 0.2) is 28.0 Å². The molecule has 0 spiro atoms. The molecule has 0 atom stereocenters. The van der Waals surface area contributed by atoms with Gasteiger partial charge in [0.25, 0.3) is 20.2 Å². The van der Waals surface area contributed by atoms with Crippen LogP contribution in [0.1, 0.15) is 10.4 Å². The molecule has 0 saturated heterocycles.